The van der Waals surface area contributed by atoms with Crippen molar-refractivity contribution in [3.8, 4) is 5.75 Å². The Bertz CT molecular complexity index is 1160. The van der Waals surface area contributed by atoms with Crippen molar-refractivity contribution in [3.05, 3.63) is 96.1 Å². The van der Waals surface area contributed by atoms with E-state index in [4.69, 9.17) is 17.0 Å². The van der Waals surface area contributed by atoms with Gasteiger partial charge in [0, 0.05) is 6.92 Å². The van der Waals surface area contributed by atoms with Crippen LogP contribution in [-0.2, 0) is 14.4 Å². The molecule has 1 saturated heterocycles. The SMILES string of the molecule is CC(=O)Oc1ccc(C=C2C(=O)N(c3ccccc3)C(=S)N(c3ccccc3)C2=O)cc1. The van der Waals surface area contributed by atoms with Gasteiger partial charge in [0.2, 0.25) is 0 Å². The number of hydrogen-bond donors (Lipinski definition) is 0. The summed E-state index contributed by atoms with van der Waals surface area (Å²) in [7, 11) is 0. The number of hydrogen-bond acceptors (Lipinski definition) is 5. The van der Waals surface area contributed by atoms with E-state index in [0.717, 1.165) is 0 Å². The Morgan fingerprint density at radius 1 is 0.781 bits per heavy atom. The molecule has 0 unspecified atom stereocenters. The quantitative estimate of drug-likeness (QED) is 0.197. The Hall–Kier alpha value is -4.10. The Morgan fingerprint density at radius 2 is 1.25 bits per heavy atom. The first kappa shape index (κ1) is 21.1. The fraction of sp³-hybridized carbons (Fsp3) is 0.0400. The molecule has 1 fully saturated rings. The van der Waals surface area contributed by atoms with Crippen molar-refractivity contribution in [1.82, 2.24) is 0 Å². The topological polar surface area (TPSA) is 66.9 Å². The van der Waals surface area contributed by atoms with Crippen LogP contribution in [0.25, 0.3) is 6.08 Å². The van der Waals surface area contributed by atoms with Crippen LogP contribution < -0.4 is 14.5 Å². The van der Waals surface area contributed by atoms with Gasteiger partial charge < -0.3 is 4.74 Å². The highest BCUT2D eigenvalue weighted by Gasteiger charge is 2.41. The van der Waals surface area contributed by atoms with Crippen molar-refractivity contribution in [3.63, 3.8) is 0 Å². The predicted molar refractivity (Wildman–Crippen MR) is 126 cm³/mol. The standard InChI is InChI=1S/C25H18N2O4S/c1-17(28)31-21-14-12-18(13-15-21)16-22-23(29)26(19-8-4-2-5-9-19)25(32)27(24(22)30)20-10-6-3-7-11-20/h2-16H,1H3. The highest BCUT2D eigenvalue weighted by Crippen LogP contribution is 2.29. The average Bonchev–Trinajstić information content (AvgIpc) is 2.79. The van der Waals surface area contributed by atoms with Crippen molar-refractivity contribution in [2.75, 3.05) is 9.80 Å². The number of thiocarbonyl (C=S) groups is 1. The van der Waals surface area contributed by atoms with Gasteiger partial charge in [-0.1, -0.05) is 48.5 Å². The summed E-state index contributed by atoms with van der Waals surface area (Å²) in [6, 6.07) is 24.4. The second-order valence-corrected chi connectivity index (χ2v) is 7.32. The molecule has 0 spiro atoms. The van der Waals surface area contributed by atoms with Crippen LogP contribution in [0.15, 0.2) is 90.5 Å². The minimum absolute atomic E-state index is 0.0356. The van der Waals surface area contributed by atoms with E-state index < -0.39 is 17.8 Å². The van der Waals surface area contributed by atoms with Crippen LogP contribution >= 0.6 is 12.2 Å². The summed E-state index contributed by atoms with van der Waals surface area (Å²) in [6.07, 6.45) is 1.51. The molecule has 0 N–H and O–H groups in total. The average molecular weight is 442 g/mol. The van der Waals surface area contributed by atoms with Crippen LogP contribution in [-0.4, -0.2) is 22.9 Å². The van der Waals surface area contributed by atoms with Crippen molar-refractivity contribution in [1.29, 1.82) is 0 Å². The minimum Gasteiger partial charge on any atom is -0.427 e. The van der Waals surface area contributed by atoms with Crippen molar-refractivity contribution in [2.45, 2.75) is 6.92 Å². The van der Waals surface area contributed by atoms with Crippen LogP contribution in [0.3, 0.4) is 0 Å². The lowest BCUT2D eigenvalue weighted by atomic mass is 10.0. The van der Waals surface area contributed by atoms with E-state index in [2.05, 4.69) is 0 Å². The second-order valence-electron chi connectivity index (χ2n) is 6.96. The van der Waals surface area contributed by atoms with Crippen molar-refractivity contribution < 1.29 is 19.1 Å². The zero-order valence-electron chi connectivity index (χ0n) is 17.1. The molecular weight excluding hydrogens is 424 g/mol. The molecule has 6 nitrogen and oxygen atoms in total. The third-order valence-corrected chi connectivity index (χ3v) is 5.10. The van der Waals surface area contributed by atoms with E-state index >= 15 is 0 Å². The molecule has 3 aromatic carbocycles. The third-order valence-electron chi connectivity index (χ3n) is 4.73. The number of benzene rings is 3. The highest BCUT2D eigenvalue weighted by molar-refractivity contribution is 7.81. The van der Waals surface area contributed by atoms with Gasteiger partial charge in [-0.3, -0.25) is 24.2 Å². The van der Waals surface area contributed by atoms with Crippen LogP contribution in [0, 0.1) is 0 Å². The smallest absolute Gasteiger partial charge is 0.308 e. The predicted octanol–water partition coefficient (Wildman–Crippen LogP) is 4.36. The van der Waals surface area contributed by atoms with E-state index in [-0.39, 0.29) is 10.7 Å². The molecule has 32 heavy (non-hydrogen) atoms. The molecule has 2 amide bonds. The maximum atomic E-state index is 13.4. The summed E-state index contributed by atoms with van der Waals surface area (Å²) < 4.78 is 5.04. The highest BCUT2D eigenvalue weighted by atomic mass is 32.1. The van der Waals surface area contributed by atoms with E-state index in [9.17, 15) is 14.4 Å². The van der Waals surface area contributed by atoms with Gasteiger partial charge in [-0.2, -0.15) is 0 Å². The van der Waals surface area contributed by atoms with Gasteiger partial charge in [0.1, 0.15) is 11.3 Å². The molecule has 0 saturated carbocycles. The molecule has 7 heteroatoms. The van der Waals surface area contributed by atoms with Gasteiger partial charge in [-0.15, -0.1) is 0 Å². The third kappa shape index (κ3) is 4.19. The van der Waals surface area contributed by atoms with Crippen LogP contribution in [0.1, 0.15) is 12.5 Å². The van der Waals surface area contributed by atoms with Gasteiger partial charge in [0.15, 0.2) is 5.11 Å². The summed E-state index contributed by atoms with van der Waals surface area (Å²) in [4.78, 5) is 40.6. The fourth-order valence-electron chi connectivity index (χ4n) is 3.30. The molecule has 0 atom stereocenters. The number of carbonyl (C=O) groups excluding carboxylic acids is 3. The molecule has 1 heterocycles. The number of amides is 2. The Morgan fingerprint density at radius 3 is 1.69 bits per heavy atom. The number of nitrogens with zero attached hydrogens (tertiary/aromatic N) is 2. The second kappa shape index (κ2) is 8.95. The maximum absolute atomic E-state index is 13.4. The number of esters is 1. The summed E-state index contributed by atoms with van der Waals surface area (Å²) >= 11 is 5.58. The molecule has 0 bridgehead atoms. The molecule has 0 radical (unpaired) electrons. The Kier molecular flexibility index (Phi) is 5.91. The molecule has 0 aromatic heterocycles. The fourth-order valence-corrected chi connectivity index (χ4v) is 3.68. The summed E-state index contributed by atoms with van der Waals surface area (Å²) in [5, 5.41) is 0.0831. The number of ether oxygens (including phenoxy) is 1. The molecule has 158 valence electrons. The van der Waals surface area contributed by atoms with Gasteiger partial charge in [-0.25, -0.2) is 0 Å². The lowest BCUT2D eigenvalue weighted by Crippen LogP contribution is -2.56. The summed E-state index contributed by atoms with van der Waals surface area (Å²) in [6.45, 7) is 1.31. The largest absolute Gasteiger partial charge is 0.427 e. The van der Waals surface area contributed by atoms with E-state index in [1.165, 1.54) is 22.8 Å². The molecular formula is C25H18N2O4S. The van der Waals surface area contributed by atoms with Crippen LogP contribution in [0.4, 0.5) is 11.4 Å². The first-order chi connectivity index (χ1) is 15.5. The summed E-state index contributed by atoms with van der Waals surface area (Å²) in [5.74, 6) is -1.08. The van der Waals surface area contributed by atoms with Crippen LogP contribution in [0.2, 0.25) is 0 Å². The van der Waals surface area contributed by atoms with E-state index in [1.807, 2.05) is 12.1 Å². The van der Waals surface area contributed by atoms with Gasteiger partial charge in [-0.05, 0) is 60.3 Å². The molecule has 0 aliphatic carbocycles. The zero-order chi connectivity index (χ0) is 22.7. The van der Waals surface area contributed by atoms with Crippen LogP contribution in [0.5, 0.6) is 5.75 Å². The first-order valence-electron chi connectivity index (χ1n) is 9.79. The lowest BCUT2D eigenvalue weighted by molar-refractivity contribution is -0.132. The number of para-hydroxylation sites is 2. The Labute approximate surface area is 190 Å². The van der Waals surface area contributed by atoms with Gasteiger partial charge in [0.05, 0.1) is 11.4 Å². The normalized spacial score (nSPS) is 13.9. The van der Waals surface area contributed by atoms with Crippen molar-refractivity contribution >= 4 is 52.6 Å². The van der Waals surface area contributed by atoms with Crippen molar-refractivity contribution in [2.24, 2.45) is 0 Å². The van der Waals surface area contributed by atoms with Gasteiger partial charge >= 0.3 is 5.97 Å². The molecule has 1 aliphatic rings. The summed E-state index contributed by atoms with van der Waals surface area (Å²) in [5.41, 5.74) is 1.69. The number of rotatable bonds is 4. The van der Waals surface area contributed by atoms with Gasteiger partial charge in [0.25, 0.3) is 11.8 Å². The van der Waals surface area contributed by atoms with E-state index in [1.54, 1.807) is 72.8 Å². The molecule has 4 rings (SSSR count). The number of anilines is 2. The monoisotopic (exact) mass is 442 g/mol. The maximum Gasteiger partial charge on any atom is 0.308 e. The van der Waals surface area contributed by atoms with E-state index in [0.29, 0.717) is 22.7 Å². The lowest BCUT2D eigenvalue weighted by Gasteiger charge is -2.36. The molecule has 1 aliphatic heterocycles. The molecule has 3 aromatic rings. The number of carbonyl (C=O) groups is 3. The minimum atomic E-state index is -0.512. The Balaban J connectivity index is 1.79. The zero-order valence-corrected chi connectivity index (χ0v) is 17.9. The first-order valence-corrected chi connectivity index (χ1v) is 10.2.